The Kier molecular flexibility index (Phi) is 5.50. The van der Waals surface area contributed by atoms with E-state index in [0.717, 1.165) is 23.0 Å². The Hall–Kier alpha value is -1.24. The molecular formula is C14H18ClN3O2S. The van der Waals surface area contributed by atoms with Crippen molar-refractivity contribution in [2.24, 2.45) is 5.92 Å². The minimum absolute atomic E-state index is 0. The molecule has 1 aromatic carbocycles. The second-order valence-electron chi connectivity index (χ2n) is 5.17. The SMILES string of the molecule is Cl.O=C(CNCC1CC1)Nc1ccc2c(c1)NC(=O)CS2. The maximum Gasteiger partial charge on any atom is 0.238 e. The smallest absolute Gasteiger partial charge is 0.238 e. The average Bonchev–Trinajstić information content (AvgIpc) is 3.22. The molecule has 1 aliphatic heterocycles. The Morgan fingerprint density at radius 1 is 1.38 bits per heavy atom. The number of nitrogens with one attached hydrogen (secondary N) is 3. The fraction of sp³-hybridized carbons (Fsp3) is 0.429. The van der Waals surface area contributed by atoms with Gasteiger partial charge < -0.3 is 16.0 Å². The van der Waals surface area contributed by atoms with Crippen molar-refractivity contribution in [3.8, 4) is 0 Å². The van der Waals surface area contributed by atoms with Gasteiger partial charge in [0.05, 0.1) is 18.0 Å². The van der Waals surface area contributed by atoms with Crippen LogP contribution in [-0.4, -0.2) is 30.7 Å². The summed E-state index contributed by atoms with van der Waals surface area (Å²) in [6.45, 7) is 1.25. The van der Waals surface area contributed by atoms with Gasteiger partial charge in [-0.2, -0.15) is 0 Å². The zero-order valence-electron chi connectivity index (χ0n) is 11.5. The second-order valence-corrected chi connectivity index (χ2v) is 6.19. The average molecular weight is 328 g/mol. The summed E-state index contributed by atoms with van der Waals surface area (Å²) in [5, 5.41) is 8.80. The normalized spacial score (nSPS) is 16.5. The van der Waals surface area contributed by atoms with Crippen molar-refractivity contribution < 1.29 is 9.59 Å². The van der Waals surface area contributed by atoms with E-state index in [1.54, 1.807) is 6.07 Å². The van der Waals surface area contributed by atoms with Crippen molar-refractivity contribution in [1.82, 2.24) is 5.32 Å². The van der Waals surface area contributed by atoms with Gasteiger partial charge in [0.1, 0.15) is 0 Å². The van der Waals surface area contributed by atoms with Crippen LogP contribution in [0.1, 0.15) is 12.8 Å². The number of thioether (sulfide) groups is 1. The fourth-order valence-electron chi connectivity index (χ4n) is 2.08. The minimum Gasteiger partial charge on any atom is -0.325 e. The van der Waals surface area contributed by atoms with Gasteiger partial charge in [-0.1, -0.05) is 0 Å². The lowest BCUT2D eigenvalue weighted by atomic mass is 10.2. The van der Waals surface area contributed by atoms with Crippen LogP contribution < -0.4 is 16.0 Å². The van der Waals surface area contributed by atoms with E-state index >= 15 is 0 Å². The minimum atomic E-state index is -0.0552. The number of carbonyl (C=O) groups is 2. The molecule has 3 N–H and O–H groups in total. The molecule has 7 heteroatoms. The standard InChI is InChI=1S/C14H17N3O2S.ClH/c18-13(7-15-6-9-1-2-9)16-10-3-4-12-11(5-10)17-14(19)8-20-12;/h3-5,9,15H,1-2,6-8H2,(H,16,18)(H,17,19);1H. The first-order valence-corrected chi connectivity index (χ1v) is 7.76. The summed E-state index contributed by atoms with van der Waals surface area (Å²) < 4.78 is 0. The summed E-state index contributed by atoms with van der Waals surface area (Å²) in [4.78, 5) is 24.2. The van der Waals surface area contributed by atoms with Gasteiger partial charge in [0.2, 0.25) is 11.8 Å². The first-order valence-electron chi connectivity index (χ1n) is 6.78. The molecule has 1 heterocycles. The third kappa shape index (κ3) is 4.62. The molecule has 1 fully saturated rings. The number of halogens is 1. The molecule has 114 valence electrons. The molecule has 2 amide bonds. The van der Waals surface area contributed by atoms with Crippen LogP contribution in [0.15, 0.2) is 23.1 Å². The Bertz CT molecular complexity index is 549. The fourth-order valence-corrected chi connectivity index (χ4v) is 2.87. The highest BCUT2D eigenvalue weighted by Crippen LogP contribution is 2.33. The van der Waals surface area contributed by atoms with Crippen molar-refractivity contribution in [3.63, 3.8) is 0 Å². The highest BCUT2D eigenvalue weighted by molar-refractivity contribution is 8.00. The van der Waals surface area contributed by atoms with Gasteiger partial charge in [0, 0.05) is 10.6 Å². The summed E-state index contributed by atoms with van der Waals surface area (Å²) >= 11 is 1.51. The van der Waals surface area contributed by atoms with E-state index in [-0.39, 0.29) is 24.2 Å². The van der Waals surface area contributed by atoms with Gasteiger partial charge in [0.15, 0.2) is 0 Å². The van der Waals surface area contributed by atoms with Crippen molar-refractivity contribution in [2.75, 3.05) is 29.5 Å². The van der Waals surface area contributed by atoms with Crippen LogP contribution in [0.4, 0.5) is 11.4 Å². The van der Waals surface area contributed by atoms with Crippen LogP contribution in [0.2, 0.25) is 0 Å². The van der Waals surface area contributed by atoms with E-state index in [1.807, 2.05) is 12.1 Å². The van der Waals surface area contributed by atoms with E-state index in [2.05, 4.69) is 16.0 Å². The number of hydrogen-bond donors (Lipinski definition) is 3. The van der Waals surface area contributed by atoms with Crippen LogP contribution in [0, 0.1) is 5.92 Å². The van der Waals surface area contributed by atoms with Gasteiger partial charge in [0.25, 0.3) is 0 Å². The maximum atomic E-state index is 11.8. The van der Waals surface area contributed by atoms with Crippen LogP contribution in [0.5, 0.6) is 0 Å². The van der Waals surface area contributed by atoms with Gasteiger partial charge in [-0.25, -0.2) is 0 Å². The molecule has 0 atom stereocenters. The quantitative estimate of drug-likeness (QED) is 0.774. The molecule has 2 aliphatic rings. The topological polar surface area (TPSA) is 70.2 Å². The Morgan fingerprint density at radius 2 is 2.19 bits per heavy atom. The van der Waals surface area contributed by atoms with Crippen molar-refractivity contribution in [2.45, 2.75) is 17.7 Å². The lowest BCUT2D eigenvalue weighted by Gasteiger charge is -2.17. The number of benzene rings is 1. The largest absolute Gasteiger partial charge is 0.325 e. The molecule has 0 spiro atoms. The third-order valence-electron chi connectivity index (χ3n) is 3.31. The summed E-state index contributed by atoms with van der Waals surface area (Å²) in [6, 6.07) is 5.59. The molecule has 1 aliphatic carbocycles. The predicted molar refractivity (Wildman–Crippen MR) is 87.3 cm³/mol. The summed E-state index contributed by atoms with van der Waals surface area (Å²) in [5.41, 5.74) is 1.49. The second kappa shape index (κ2) is 7.15. The number of fused-ring (bicyclic) bond motifs is 1. The van der Waals surface area contributed by atoms with Gasteiger partial charge in [-0.05, 0) is 43.5 Å². The molecule has 0 saturated heterocycles. The van der Waals surface area contributed by atoms with E-state index in [4.69, 9.17) is 0 Å². The number of rotatable bonds is 5. The van der Waals surface area contributed by atoms with E-state index in [9.17, 15) is 9.59 Å². The molecule has 0 unspecified atom stereocenters. The predicted octanol–water partition coefficient (Wildman–Crippen LogP) is 2.09. The lowest BCUT2D eigenvalue weighted by molar-refractivity contribution is -0.115. The van der Waals surface area contributed by atoms with Crippen LogP contribution in [0.3, 0.4) is 0 Å². The number of carbonyl (C=O) groups excluding carboxylic acids is 2. The zero-order chi connectivity index (χ0) is 13.9. The van der Waals surface area contributed by atoms with Gasteiger partial charge in [-0.15, -0.1) is 24.2 Å². The van der Waals surface area contributed by atoms with E-state index < -0.39 is 0 Å². The first kappa shape index (κ1) is 16.1. The maximum absolute atomic E-state index is 11.8. The molecule has 1 saturated carbocycles. The lowest BCUT2D eigenvalue weighted by Crippen LogP contribution is -2.29. The Balaban J connectivity index is 0.00000161. The molecular weight excluding hydrogens is 310 g/mol. The Morgan fingerprint density at radius 3 is 2.95 bits per heavy atom. The first-order chi connectivity index (χ1) is 9.70. The molecule has 5 nitrogen and oxygen atoms in total. The van der Waals surface area contributed by atoms with Gasteiger partial charge in [-0.3, -0.25) is 9.59 Å². The molecule has 1 aromatic rings. The number of hydrogen-bond acceptors (Lipinski definition) is 4. The molecule has 0 radical (unpaired) electrons. The van der Waals surface area contributed by atoms with Gasteiger partial charge >= 0.3 is 0 Å². The van der Waals surface area contributed by atoms with Crippen molar-refractivity contribution in [1.29, 1.82) is 0 Å². The summed E-state index contributed by atoms with van der Waals surface area (Å²) in [6.07, 6.45) is 2.55. The van der Waals surface area contributed by atoms with Crippen LogP contribution >= 0.6 is 24.2 Å². The molecule has 21 heavy (non-hydrogen) atoms. The summed E-state index contributed by atoms with van der Waals surface area (Å²) in [5.74, 6) is 1.15. The summed E-state index contributed by atoms with van der Waals surface area (Å²) in [7, 11) is 0. The molecule has 3 rings (SSSR count). The molecule has 0 aromatic heterocycles. The zero-order valence-corrected chi connectivity index (χ0v) is 13.1. The van der Waals surface area contributed by atoms with Crippen molar-refractivity contribution in [3.05, 3.63) is 18.2 Å². The van der Waals surface area contributed by atoms with Crippen LogP contribution in [-0.2, 0) is 9.59 Å². The van der Waals surface area contributed by atoms with Crippen molar-refractivity contribution >= 4 is 47.4 Å². The van der Waals surface area contributed by atoms with Crippen LogP contribution in [0.25, 0.3) is 0 Å². The molecule has 0 bridgehead atoms. The highest BCUT2D eigenvalue weighted by atomic mass is 35.5. The van der Waals surface area contributed by atoms with E-state index in [1.165, 1.54) is 24.6 Å². The highest BCUT2D eigenvalue weighted by Gasteiger charge is 2.20. The monoisotopic (exact) mass is 327 g/mol. The Labute approximate surface area is 134 Å². The number of anilines is 2. The third-order valence-corrected chi connectivity index (χ3v) is 4.39. The van der Waals surface area contributed by atoms with E-state index in [0.29, 0.717) is 18.0 Å². The number of amides is 2.